The quantitative estimate of drug-likeness (QED) is 0.208. The number of hydrazine groups is 2. The number of amides is 1. The molecule has 0 saturated carbocycles. The topological polar surface area (TPSA) is 139 Å². The number of carbonyl (C=O) groups is 1. The molecule has 7 N–H and O–H groups in total. The van der Waals surface area contributed by atoms with E-state index in [1.807, 2.05) is 5.43 Å². The molecule has 8 heteroatoms. The van der Waals surface area contributed by atoms with Crippen LogP contribution in [0.3, 0.4) is 0 Å². The van der Waals surface area contributed by atoms with Gasteiger partial charge < -0.3 is 0 Å². The van der Waals surface area contributed by atoms with Gasteiger partial charge in [-0.3, -0.25) is 25.4 Å². The molecular weight excluding hydrogens is 188 g/mol. The molecule has 0 aliphatic rings. The molecule has 0 radical (unpaired) electrons. The van der Waals surface area contributed by atoms with Gasteiger partial charge in [0.15, 0.2) is 0 Å². The van der Waals surface area contributed by atoms with Gasteiger partial charge in [0.05, 0.1) is 12.1 Å². The van der Waals surface area contributed by atoms with E-state index in [0.29, 0.717) is 0 Å². The molecule has 1 rings (SSSR count). The van der Waals surface area contributed by atoms with Crippen molar-refractivity contribution < 1.29 is 4.79 Å². The lowest BCUT2D eigenvalue weighted by Crippen LogP contribution is -2.32. The molecule has 0 bridgehead atoms. The van der Waals surface area contributed by atoms with Crippen LogP contribution < -0.4 is 28.1 Å². The van der Waals surface area contributed by atoms with Gasteiger partial charge >= 0.3 is 0 Å². The molecule has 0 aliphatic carbocycles. The number of nitrogens with zero attached hydrogens (tertiary/aromatic N) is 1. The van der Waals surface area contributed by atoms with E-state index in [0.717, 1.165) is 0 Å². The van der Waals surface area contributed by atoms with Crippen LogP contribution in [-0.4, -0.2) is 15.9 Å². The maximum atomic E-state index is 11.0. The zero-order chi connectivity index (χ0) is 10.6. The van der Waals surface area contributed by atoms with Gasteiger partial charge in [0.25, 0.3) is 5.56 Å². The molecule has 0 spiro atoms. The Labute approximate surface area is 78.6 Å². The molecule has 1 amide bonds. The first-order chi connectivity index (χ1) is 6.65. The largest absolute Gasteiger partial charge is 0.294 e. The van der Waals surface area contributed by atoms with Crippen molar-refractivity contribution >= 4 is 11.9 Å². The minimum Gasteiger partial charge on any atom is -0.294 e. The second-order valence-electron chi connectivity index (χ2n) is 2.47. The van der Waals surface area contributed by atoms with Gasteiger partial charge in [0.2, 0.25) is 11.9 Å². The number of rotatable bonds is 3. The molecule has 1 heterocycles. The molecule has 0 aromatic carbocycles. The van der Waals surface area contributed by atoms with Crippen molar-refractivity contribution in [3.63, 3.8) is 0 Å². The molecule has 0 fully saturated rings. The number of nitrogens with two attached hydrogens (primary N) is 2. The average molecular weight is 198 g/mol. The third-order valence-electron chi connectivity index (χ3n) is 1.43. The highest BCUT2D eigenvalue weighted by Gasteiger charge is 2.04. The fraction of sp³-hybridized carbons (Fsp3) is 0.167. The van der Waals surface area contributed by atoms with Crippen LogP contribution in [0.5, 0.6) is 0 Å². The van der Waals surface area contributed by atoms with Gasteiger partial charge in [-0.05, 0) is 0 Å². The Morgan fingerprint density at radius 3 is 2.86 bits per heavy atom. The Morgan fingerprint density at radius 2 is 2.29 bits per heavy atom. The van der Waals surface area contributed by atoms with Crippen LogP contribution in [-0.2, 0) is 11.2 Å². The lowest BCUT2D eigenvalue weighted by atomic mass is 10.3. The number of aromatic nitrogens is 2. The summed E-state index contributed by atoms with van der Waals surface area (Å²) in [4.78, 5) is 28.0. The van der Waals surface area contributed by atoms with E-state index in [1.54, 1.807) is 0 Å². The monoisotopic (exact) mass is 198 g/mol. The van der Waals surface area contributed by atoms with E-state index >= 15 is 0 Å². The third-order valence-corrected chi connectivity index (χ3v) is 1.43. The van der Waals surface area contributed by atoms with Gasteiger partial charge in [-0.25, -0.2) is 16.7 Å². The lowest BCUT2D eigenvalue weighted by Gasteiger charge is -2.01. The van der Waals surface area contributed by atoms with E-state index in [4.69, 9.17) is 11.7 Å². The summed E-state index contributed by atoms with van der Waals surface area (Å²) in [6, 6.07) is 1.19. The zero-order valence-corrected chi connectivity index (χ0v) is 7.20. The predicted molar refractivity (Wildman–Crippen MR) is 48.7 cm³/mol. The summed E-state index contributed by atoms with van der Waals surface area (Å²) in [5.74, 6) is 9.57. The van der Waals surface area contributed by atoms with Crippen molar-refractivity contribution in [1.29, 1.82) is 0 Å². The Hall–Kier alpha value is -1.93. The van der Waals surface area contributed by atoms with E-state index in [2.05, 4.69) is 15.4 Å². The number of nitrogens with one attached hydrogen (secondary N) is 3. The van der Waals surface area contributed by atoms with Crippen LogP contribution in [0.2, 0.25) is 0 Å². The van der Waals surface area contributed by atoms with Crippen molar-refractivity contribution in [2.24, 2.45) is 11.7 Å². The number of aromatic amines is 1. The van der Waals surface area contributed by atoms with Crippen molar-refractivity contribution in [1.82, 2.24) is 15.4 Å². The zero-order valence-electron chi connectivity index (χ0n) is 7.20. The number of anilines is 1. The molecule has 14 heavy (non-hydrogen) atoms. The first-order valence-corrected chi connectivity index (χ1v) is 3.72. The SMILES string of the molecule is NNC(=O)Cc1cc(=O)[nH]c(NN)n1. The number of nitrogen functional groups attached to an aromatic ring is 1. The number of hydrogen-bond donors (Lipinski definition) is 5. The summed E-state index contributed by atoms with van der Waals surface area (Å²) < 4.78 is 0. The second-order valence-corrected chi connectivity index (χ2v) is 2.47. The molecule has 0 unspecified atom stereocenters. The van der Waals surface area contributed by atoms with E-state index in [1.165, 1.54) is 6.07 Å². The van der Waals surface area contributed by atoms with Crippen LogP contribution >= 0.6 is 0 Å². The molecule has 0 atom stereocenters. The van der Waals surface area contributed by atoms with Crippen molar-refractivity contribution in [3.05, 3.63) is 22.1 Å². The van der Waals surface area contributed by atoms with Crippen LogP contribution in [0.4, 0.5) is 5.95 Å². The van der Waals surface area contributed by atoms with Gasteiger partial charge in [-0.1, -0.05) is 0 Å². The summed E-state index contributed by atoms with van der Waals surface area (Å²) in [6.45, 7) is 0. The first-order valence-electron chi connectivity index (χ1n) is 3.72. The Morgan fingerprint density at radius 1 is 1.57 bits per heavy atom. The average Bonchev–Trinajstić information content (AvgIpc) is 2.16. The van der Waals surface area contributed by atoms with Crippen LogP contribution in [0.1, 0.15) is 5.69 Å². The molecule has 1 aromatic rings. The van der Waals surface area contributed by atoms with Crippen molar-refractivity contribution in [2.45, 2.75) is 6.42 Å². The Kier molecular flexibility index (Phi) is 3.15. The summed E-state index contributed by atoms with van der Waals surface area (Å²) in [5.41, 5.74) is 3.98. The van der Waals surface area contributed by atoms with E-state index in [-0.39, 0.29) is 18.1 Å². The van der Waals surface area contributed by atoms with Gasteiger partial charge in [-0.2, -0.15) is 0 Å². The normalized spacial score (nSPS) is 9.57. The van der Waals surface area contributed by atoms with Crippen LogP contribution in [0.25, 0.3) is 0 Å². The summed E-state index contributed by atoms with van der Waals surface area (Å²) in [5, 5.41) is 0. The maximum Gasteiger partial charge on any atom is 0.252 e. The van der Waals surface area contributed by atoms with E-state index < -0.39 is 11.5 Å². The molecule has 0 aliphatic heterocycles. The highest BCUT2D eigenvalue weighted by molar-refractivity contribution is 5.77. The second kappa shape index (κ2) is 4.35. The first kappa shape index (κ1) is 10.2. The number of carbonyl (C=O) groups excluding carboxylic acids is 1. The minimum absolute atomic E-state index is 0.0743. The maximum absolute atomic E-state index is 11.0. The summed E-state index contributed by atoms with van der Waals surface area (Å²) in [7, 11) is 0. The van der Waals surface area contributed by atoms with E-state index in [9.17, 15) is 9.59 Å². The molecule has 76 valence electrons. The molecule has 1 aromatic heterocycles. The summed E-state index contributed by atoms with van der Waals surface area (Å²) in [6.07, 6.45) is -0.0743. The van der Waals surface area contributed by atoms with Crippen LogP contribution in [0.15, 0.2) is 10.9 Å². The smallest absolute Gasteiger partial charge is 0.252 e. The highest BCUT2D eigenvalue weighted by Crippen LogP contribution is 1.95. The summed E-state index contributed by atoms with van der Waals surface area (Å²) >= 11 is 0. The predicted octanol–water partition coefficient (Wildman–Crippen LogP) is -2.41. The van der Waals surface area contributed by atoms with Gasteiger partial charge in [0.1, 0.15) is 0 Å². The van der Waals surface area contributed by atoms with Gasteiger partial charge in [0, 0.05) is 6.07 Å². The highest BCUT2D eigenvalue weighted by atomic mass is 16.2. The number of hydrogen-bond acceptors (Lipinski definition) is 6. The number of H-pyrrole nitrogens is 1. The fourth-order valence-corrected chi connectivity index (χ4v) is 0.882. The van der Waals surface area contributed by atoms with Crippen LogP contribution in [0, 0.1) is 0 Å². The third kappa shape index (κ3) is 2.54. The minimum atomic E-state index is -0.439. The molecule has 0 saturated heterocycles. The fourth-order valence-electron chi connectivity index (χ4n) is 0.882. The van der Waals surface area contributed by atoms with Crippen molar-refractivity contribution in [3.8, 4) is 0 Å². The van der Waals surface area contributed by atoms with Crippen molar-refractivity contribution in [2.75, 3.05) is 5.43 Å². The lowest BCUT2D eigenvalue weighted by molar-refractivity contribution is -0.120. The Balaban J connectivity index is 2.92. The molecular formula is C6H10N6O2. The standard InChI is InChI=1S/C6H10N6O2/c7-11-5(14)2-3-1-4(13)10-6(9-3)12-8/h1H,2,7-8H2,(H,11,14)(H2,9,10,12,13). The Bertz CT molecular complexity index is 386. The van der Waals surface area contributed by atoms with Gasteiger partial charge in [-0.15, -0.1) is 0 Å². The molecule has 8 nitrogen and oxygen atoms in total.